The molecule has 1 unspecified atom stereocenters. The molecule has 3 aliphatic heterocycles. The number of methoxy groups -OCH3 is 1. The lowest BCUT2D eigenvalue weighted by Crippen LogP contribution is -2.81. The van der Waals surface area contributed by atoms with Crippen molar-refractivity contribution in [2.75, 3.05) is 59.7 Å². The van der Waals surface area contributed by atoms with Crippen LogP contribution in [-0.2, 0) is 14.3 Å². The van der Waals surface area contributed by atoms with Crippen LogP contribution < -0.4 is 0 Å². The van der Waals surface area contributed by atoms with Crippen LogP contribution in [0.2, 0.25) is 0 Å². The lowest BCUT2D eigenvalue weighted by Gasteiger charge is -2.63. The molecule has 9 heteroatoms. The second-order valence-corrected chi connectivity index (χ2v) is 6.89. The number of ether oxygens (including phenoxy) is 2. The van der Waals surface area contributed by atoms with Crippen LogP contribution >= 0.6 is 0 Å². The van der Waals surface area contributed by atoms with Gasteiger partial charge in [-0.15, -0.1) is 0 Å². The minimum atomic E-state index is -0.216. The Morgan fingerprint density at radius 2 is 2.16 bits per heavy atom. The van der Waals surface area contributed by atoms with Gasteiger partial charge in [0.05, 0.1) is 31.0 Å². The Morgan fingerprint density at radius 3 is 2.88 bits per heavy atom. The molecule has 136 valence electrons. The number of amides is 2. The molecule has 1 atom stereocenters. The van der Waals surface area contributed by atoms with Crippen molar-refractivity contribution in [2.24, 2.45) is 0 Å². The lowest BCUT2D eigenvalue weighted by molar-refractivity contribution is -0.170. The molecule has 0 saturated carbocycles. The molecule has 4 heterocycles. The van der Waals surface area contributed by atoms with E-state index in [-0.39, 0.29) is 35.8 Å². The van der Waals surface area contributed by atoms with E-state index in [0.717, 1.165) is 6.54 Å². The molecule has 1 spiro atoms. The van der Waals surface area contributed by atoms with Gasteiger partial charge >= 0.3 is 0 Å². The van der Waals surface area contributed by atoms with E-state index < -0.39 is 0 Å². The second kappa shape index (κ2) is 6.40. The van der Waals surface area contributed by atoms with Crippen molar-refractivity contribution in [2.45, 2.75) is 11.6 Å². The SMILES string of the molecule is COCC(=O)N1CC2COCCN2C2(C1)CN(C(=O)c1ccno1)C2. The minimum Gasteiger partial charge on any atom is -0.378 e. The van der Waals surface area contributed by atoms with Crippen LogP contribution in [0.5, 0.6) is 0 Å². The number of likely N-dealkylation sites (tertiary alicyclic amines) is 1. The number of morpholine rings is 1. The number of aromatic nitrogens is 1. The van der Waals surface area contributed by atoms with Gasteiger partial charge in [0.2, 0.25) is 11.7 Å². The van der Waals surface area contributed by atoms with E-state index in [4.69, 9.17) is 14.0 Å². The van der Waals surface area contributed by atoms with Gasteiger partial charge in [-0.1, -0.05) is 5.16 Å². The zero-order valence-electron chi connectivity index (χ0n) is 14.2. The molecule has 3 saturated heterocycles. The summed E-state index contributed by atoms with van der Waals surface area (Å²) in [5.41, 5.74) is -0.216. The highest BCUT2D eigenvalue weighted by molar-refractivity contribution is 5.92. The Morgan fingerprint density at radius 1 is 1.36 bits per heavy atom. The number of fused-ring (bicyclic) bond motifs is 2. The van der Waals surface area contributed by atoms with Gasteiger partial charge in [-0.25, -0.2) is 0 Å². The number of carbonyl (C=O) groups excluding carboxylic acids is 2. The Balaban J connectivity index is 1.50. The molecule has 2 amide bonds. The van der Waals surface area contributed by atoms with Gasteiger partial charge in [0.1, 0.15) is 6.61 Å². The zero-order chi connectivity index (χ0) is 17.4. The van der Waals surface area contributed by atoms with Crippen LogP contribution in [0.4, 0.5) is 0 Å². The molecule has 0 radical (unpaired) electrons. The molecule has 3 fully saturated rings. The summed E-state index contributed by atoms with van der Waals surface area (Å²) in [6.07, 6.45) is 1.46. The van der Waals surface area contributed by atoms with E-state index in [0.29, 0.717) is 39.4 Å². The first-order chi connectivity index (χ1) is 12.1. The van der Waals surface area contributed by atoms with Crippen LogP contribution in [0.25, 0.3) is 0 Å². The highest BCUT2D eigenvalue weighted by Gasteiger charge is 2.56. The van der Waals surface area contributed by atoms with Crippen LogP contribution in [0.1, 0.15) is 10.6 Å². The number of nitrogens with zero attached hydrogens (tertiary/aromatic N) is 4. The van der Waals surface area contributed by atoms with Crippen molar-refractivity contribution in [1.82, 2.24) is 19.9 Å². The van der Waals surface area contributed by atoms with Crippen LogP contribution in [0.3, 0.4) is 0 Å². The Bertz CT molecular complexity index is 643. The van der Waals surface area contributed by atoms with Gasteiger partial charge in [-0.2, -0.15) is 0 Å². The molecule has 3 aliphatic rings. The monoisotopic (exact) mass is 350 g/mol. The number of hydrogen-bond acceptors (Lipinski definition) is 7. The van der Waals surface area contributed by atoms with Crippen molar-refractivity contribution < 1.29 is 23.6 Å². The molecule has 4 rings (SSSR count). The molecule has 1 aromatic rings. The maximum absolute atomic E-state index is 12.4. The van der Waals surface area contributed by atoms with E-state index in [1.165, 1.54) is 13.3 Å². The summed E-state index contributed by atoms with van der Waals surface area (Å²) in [5, 5.41) is 3.59. The predicted molar refractivity (Wildman–Crippen MR) is 84.9 cm³/mol. The first-order valence-corrected chi connectivity index (χ1v) is 8.44. The van der Waals surface area contributed by atoms with Gasteiger partial charge in [-0.3, -0.25) is 14.5 Å². The zero-order valence-corrected chi connectivity index (χ0v) is 14.2. The quantitative estimate of drug-likeness (QED) is 0.695. The summed E-state index contributed by atoms with van der Waals surface area (Å²) in [6, 6.07) is 1.73. The third-order valence-corrected chi connectivity index (χ3v) is 5.28. The van der Waals surface area contributed by atoms with Crippen molar-refractivity contribution in [3.8, 4) is 0 Å². The van der Waals surface area contributed by atoms with Gasteiger partial charge in [0, 0.05) is 45.9 Å². The molecule has 0 aliphatic carbocycles. The molecule has 25 heavy (non-hydrogen) atoms. The Labute approximate surface area is 145 Å². The second-order valence-electron chi connectivity index (χ2n) is 6.89. The van der Waals surface area contributed by atoms with Crippen molar-refractivity contribution in [1.29, 1.82) is 0 Å². The first-order valence-electron chi connectivity index (χ1n) is 8.44. The summed E-state index contributed by atoms with van der Waals surface area (Å²) in [6.45, 7) is 4.56. The van der Waals surface area contributed by atoms with Crippen LogP contribution in [0, 0.1) is 0 Å². The van der Waals surface area contributed by atoms with Crippen molar-refractivity contribution in [3.63, 3.8) is 0 Å². The van der Waals surface area contributed by atoms with Crippen LogP contribution in [-0.4, -0.2) is 103 Å². The third kappa shape index (κ3) is 2.82. The molecule has 0 N–H and O–H groups in total. The molecule has 9 nitrogen and oxygen atoms in total. The average molecular weight is 350 g/mol. The Kier molecular flexibility index (Phi) is 4.22. The van der Waals surface area contributed by atoms with Crippen molar-refractivity contribution in [3.05, 3.63) is 18.0 Å². The van der Waals surface area contributed by atoms with Crippen molar-refractivity contribution >= 4 is 11.8 Å². The fraction of sp³-hybridized carbons (Fsp3) is 0.688. The summed E-state index contributed by atoms with van der Waals surface area (Å²) < 4.78 is 15.6. The average Bonchev–Trinajstić information content (AvgIpc) is 3.13. The molecular formula is C16H22N4O5. The fourth-order valence-corrected chi connectivity index (χ4v) is 4.17. The lowest BCUT2D eigenvalue weighted by atomic mass is 9.82. The topological polar surface area (TPSA) is 88.4 Å². The Hall–Kier alpha value is -1.97. The van der Waals surface area contributed by atoms with E-state index in [1.807, 2.05) is 4.90 Å². The maximum atomic E-state index is 12.4. The number of rotatable bonds is 3. The summed E-state index contributed by atoms with van der Waals surface area (Å²) in [5.74, 6) is 0.0666. The summed E-state index contributed by atoms with van der Waals surface area (Å²) in [7, 11) is 1.52. The largest absolute Gasteiger partial charge is 0.378 e. The normalized spacial score (nSPS) is 25.6. The number of hydrogen-bond donors (Lipinski definition) is 0. The third-order valence-electron chi connectivity index (χ3n) is 5.28. The van der Waals surface area contributed by atoms with E-state index in [9.17, 15) is 9.59 Å². The fourth-order valence-electron chi connectivity index (χ4n) is 4.17. The van der Waals surface area contributed by atoms with Gasteiger partial charge in [-0.05, 0) is 0 Å². The van der Waals surface area contributed by atoms with Gasteiger partial charge < -0.3 is 23.8 Å². The molecular weight excluding hydrogens is 328 g/mol. The summed E-state index contributed by atoms with van der Waals surface area (Å²) >= 11 is 0. The number of carbonyl (C=O) groups is 2. The maximum Gasteiger partial charge on any atom is 0.292 e. The molecule has 0 aromatic carbocycles. The molecule has 0 bridgehead atoms. The standard InChI is InChI=1S/C16H22N4O5/c1-23-8-14(21)18-6-12-7-24-5-4-20(12)16(9-18)10-19(11-16)15(22)13-2-3-17-25-13/h2-3,12H,4-11H2,1H3. The van der Waals surface area contributed by atoms with Gasteiger partial charge in [0.25, 0.3) is 5.91 Å². The predicted octanol–water partition coefficient (Wildman–Crippen LogP) is -0.941. The van der Waals surface area contributed by atoms with E-state index >= 15 is 0 Å². The van der Waals surface area contributed by atoms with Gasteiger partial charge in [0.15, 0.2) is 0 Å². The first kappa shape index (κ1) is 16.5. The summed E-state index contributed by atoms with van der Waals surface area (Å²) in [4.78, 5) is 30.8. The van der Waals surface area contributed by atoms with Crippen LogP contribution in [0.15, 0.2) is 16.8 Å². The number of piperazine rings is 1. The van der Waals surface area contributed by atoms with E-state index in [2.05, 4.69) is 10.1 Å². The minimum absolute atomic E-state index is 0.0212. The smallest absolute Gasteiger partial charge is 0.292 e. The molecule has 1 aromatic heterocycles. The van der Waals surface area contributed by atoms with E-state index in [1.54, 1.807) is 11.0 Å². The highest BCUT2D eigenvalue weighted by Crippen LogP contribution is 2.36. The highest BCUT2D eigenvalue weighted by atomic mass is 16.5.